The van der Waals surface area contributed by atoms with Gasteiger partial charge in [-0.05, 0) is 24.3 Å². The number of fused-ring (bicyclic) bond motifs is 2. The van der Waals surface area contributed by atoms with Gasteiger partial charge in [0.1, 0.15) is 6.04 Å². The van der Waals surface area contributed by atoms with Gasteiger partial charge in [-0.25, -0.2) is 9.59 Å². The molecule has 0 aromatic heterocycles. The molecule has 1 saturated heterocycles. The first-order valence-corrected chi connectivity index (χ1v) is 4.84. The Bertz CT molecular complexity index is 391. The number of carbonyl (C=O) groups is 2. The van der Waals surface area contributed by atoms with Crippen LogP contribution in [0.5, 0.6) is 0 Å². The summed E-state index contributed by atoms with van der Waals surface area (Å²) < 4.78 is 0. The maximum atomic E-state index is 11.0. The average molecular weight is 226 g/mol. The molecule has 1 saturated carbocycles. The lowest BCUT2D eigenvalue weighted by atomic mass is 9.97. The lowest BCUT2D eigenvalue weighted by Gasteiger charge is -2.33. The van der Waals surface area contributed by atoms with E-state index < -0.39 is 30.2 Å². The maximum absolute atomic E-state index is 11.0. The van der Waals surface area contributed by atoms with Gasteiger partial charge in [0.15, 0.2) is 0 Å². The molecule has 2 aliphatic rings. The van der Waals surface area contributed by atoms with Crippen molar-refractivity contribution >= 4 is 12.1 Å². The number of piperidine rings is 1. The molecule has 0 radical (unpaired) electrons. The van der Waals surface area contributed by atoms with E-state index in [9.17, 15) is 9.59 Å². The molecule has 0 aromatic carbocycles. The fourth-order valence-electron chi connectivity index (χ4n) is 2.79. The van der Waals surface area contributed by atoms with Gasteiger partial charge in [0.2, 0.25) is 0 Å². The van der Waals surface area contributed by atoms with Crippen LogP contribution >= 0.6 is 0 Å². The highest BCUT2D eigenvalue weighted by Crippen LogP contribution is 2.44. The number of amides is 1. The quantitative estimate of drug-likeness (QED) is 0.411. The second-order valence-corrected chi connectivity index (χ2v) is 4.04. The molecule has 2 fully saturated rings. The predicted octanol–water partition coefficient (Wildman–Crippen LogP) is 0.891. The van der Waals surface area contributed by atoms with Gasteiger partial charge in [-0.3, -0.25) is 4.90 Å². The van der Waals surface area contributed by atoms with Crippen LogP contribution in [0.1, 0.15) is 12.8 Å². The molecule has 1 amide bonds. The Morgan fingerprint density at radius 3 is 2.56 bits per heavy atom. The molecule has 1 aliphatic heterocycles. The number of carboxylic acids is 1. The fraction of sp³-hybridized carbons (Fsp3) is 0.750. The number of likely N-dealkylation sites (tertiary alicyclic amines) is 1. The van der Waals surface area contributed by atoms with E-state index in [1.54, 1.807) is 0 Å². The fourth-order valence-corrected chi connectivity index (χ4v) is 2.79. The van der Waals surface area contributed by atoms with Crippen LogP contribution in [0, 0.1) is 5.92 Å². The van der Waals surface area contributed by atoms with Crippen molar-refractivity contribution in [1.29, 1.82) is 0 Å². The van der Waals surface area contributed by atoms with Gasteiger partial charge < -0.3 is 10.2 Å². The third kappa shape index (κ3) is 1.35. The number of nitrogens with zero attached hydrogens (tertiary/aromatic N) is 4. The summed E-state index contributed by atoms with van der Waals surface area (Å²) >= 11 is 0. The highest BCUT2D eigenvalue weighted by molar-refractivity contribution is 5.81. The second kappa shape index (κ2) is 3.57. The normalized spacial score (nSPS) is 35.9. The average Bonchev–Trinajstić information content (AvgIpc) is 2.73. The summed E-state index contributed by atoms with van der Waals surface area (Å²) in [4.78, 5) is 25.5. The Morgan fingerprint density at radius 1 is 1.38 bits per heavy atom. The summed E-state index contributed by atoms with van der Waals surface area (Å²) in [5.41, 5.74) is 8.33. The molecule has 8 heteroatoms. The van der Waals surface area contributed by atoms with Gasteiger partial charge in [-0.1, -0.05) is 5.11 Å². The van der Waals surface area contributed by atoms with Gasteiger partial charge >= 0.3 is 12.1 Å². The molecule has 1 aliphatic carbocycles. The summed E-state index contributed by atoms with van der Waals surface area (Å²) in [6.07, 6.45) is -0.347. The smallest absolute Gasteiger partial charge is 0.408 e. The van der Waals surface area contributed by atoms with Crippen molar-refractivity contribution < 1.29 is 19.8 Å². The van der Waals surface area contributed by atoms with E-state index in [0.29, 0.717) is 12.8 Å². The Hall–Kier alpha value is -1.95. The van der Waals surface area contributed by atoms with Gasteiger partial charge in [0.25, 0.3) is 0 Å². The molecule has 8 nitrogen and oxygen atoms in total. The Morgan fingerprint density at radius 2 is 2.06 bits per heavy atom. The molecule has 0 spiro atoms. The van der Waals surface area contributed by atoms with Crippen LogP contribution in [-0.2, 0) is 4.79 Å². The number of carboxylic acid groups (broad SMARTS) is 2. The summed E-state index contributed by atoms with van der Waals surface area (Å²) in [7, 11) is 0. The minimum Gasteiger partial charge on any atom is -0.480 e. The topological polar surface area (TPSA) is 127 Å². The standard InChI is InChI=1S/C8H10N4O4/c9-11-10-4-1-3-2-5(4)12(8(15)16)6(3)7(13)14/h3-6H,1-2H2,(H,13,14)(H,15,16)/t3-,4-,5-,6+/m1/s1. The third-order valence-corrected chi connectivity index (χ3v) is 3.31. The summed E-state index contributed by atoms with van der Waals surface area (Å²) in [6, 6.07) is -1.91. The monoisotopic (exact) mass is 226 g/mol. The van der Waals surface area contributed by atoms with Crippen LogP contribution < -0.4 is 0 Å². The van der Waals surface area contributed by atoms with Crippen LogP contribution in [0.25, 0.3) is 10.4 Å². The van der Waals surface area contributed by atoms with E-state index in [2.05, 4.69) is 10.0 Å². The van der Waals surface area contributed by atoms with Crippen molar-refractivity contribution in [3.05, 3.63) is 10.4 Å². The van der Waals surface area contributed by atoms with Crippen molar-refractivity contribution in [2.45, 2.75) is 31.0 Å². The third-order valence-electron chi connectivity index (χ3n) is 3.31. The van der Waals surface area contributed by atoms with Crippen molar-refractivity contribution in [1.82, 2.24) is 4.90 Å². The Balaban J connectivity index is 2.28. The minimum atomic E-state index is -1.27. The van der Waals surface area contributed by atoms with E-state index in [1.807, 2.05) is 0 Å². The molecule has 2 bridgehead atoms. The Kier molecular flexibility index (Phi) is 2.35. The zero-order chi connectivity index (χ0) is 11.9. The summed E-state index contributed by atoms with van der Waals surface area (Å²) in [5, 5.41) is 21.4. The van der Waals surface area contributed by atoms with Crippen LogP contribution in [0.3, 0.4) is 0 Å². The highest BCUT2D eigenvalue weighted by Gasteiger charge is 2.55. The van der Waals surface area contributed by atoms with Crippen LogP contribution in [0.15, 0.2) is 5.11 Å². The summed E-state index contributed by atoms with van der Waals surface area (Å²) in [6.45, 7) is 0. The van der Waals surface area contributed by atoms with Crippen molar-refractivity contribution in [2.75, 3.05) is 0 Å². The predicted molar refractivity (Wildman–Crippen MR) is 50.7 cm³/mol. The lowest BCUT2D eigenvalue weighted by molar-refractivity contribution is -0.144. The number of rotatable bonds is 2. The SMILES string of the molecule is [N-]=[N+]=N[C@@H]1C[C@@H]2C[C@H]1N(C(=O)O)[C@@H]2C(=O)O. The molecule has 2 N–H and O–H groups in total. The molecule has 0 unspecified atom stereocenters. The van der Waals surface area contributed by atoms with Gasteiger partial charge in [0.05, 0.1) is 6.04 Å². The van der Waals surface area contributed by atoms with E-state index in [0.717, 1.165) is 4.90 Å². The van der Waals surface area contributed by atoms with Crippen LogP contribution in [-0.4, -0.2) is 45.3 Å². The molecule has 2 rings (SSSR count). The van der Waals surface area contributed by atoms with Gasteiger partial charge in [-0.15, -0.1) is 0 Å². The molecule has 16 heavy (non-hydrogen) atoms. The molecule has 1 heterocycles. The van der Waals surface area contributed by atoms with E-state index >= 15 is 0 Å². The van der Waals surface area contributed by atoms with Crippen molar-refractivity contribution in [3.63, 3.8) is 0 Å². The summed E-state index contributed by atoms with van der Waals surface area (Å²) in [5.74, 6) is -1.37. The maximum Gasteiger partial charge on any atom is 0.408 e. The van der Waals surface area contributed by atoms with Crippen LogP contribution in [0.2, 0.25) is 0 Å². The first kappa shape index (κ1) is 10.6. The van der Waals surface area contributed by atoms with E-state index in [4.69, 9.17) is 15.7 Å². The lowest BCUT2D eigenvalue weighted by Crippen LogP contribution is -2.52. The largest absolute Gasteiger partial charge is 0.480 e. The second-order valence-electron chi connectivity index (χ2n) is 4.04. The van der Waals surface area contributed by atoms with Gasteiger partial charge in [0, 0.05) is 11.0 Å². The first-order chi connectivity index (χ1) is 7.56. The zero-order valence-electron chi connectivity index (χ0n) is 8.22. The number of hydrogen-bond donors (Lipinski definition) is 2. The molecular weight excluding hydrogens is 216 g/mol. The van der Waals surface area contributed by atoms with Crippen molar-refractivity contribution in [3.8, 4) is 0 Å². The molecular formula is C8H10N4O4. The van der Waals surface area contributed by atoms with E-state index in [1.165, 1.54) is 0 Å². The van der Waals surface area contributed by atoms with E-state index in [-0.39, 0.29) is 5.92 Å². The number of azide groups is 1. The highest BCUT2D eigenvalue weighted by atomic mass is 16.4. The minimum absolute atomic E-state index is 0.242. The molecule has 4 atom stereocenters. The molecule has 0 aromatic rings. The zero-order valence-corrected chi connectivity index (χ0v) is 8.22. The number of aliphatic carboxylic acids is 1. The molecule has 86 valence electrons. The van der Waals surface area contributed by atoms with Crippen LogP contribution in [0.4, 0.5) is 4.79 Å². The Labute approximate surface area is 90.1 Å². The first-order valence-electron chi connectivity index (χ1n) is 4.84. The van der Waals surface area contributed by atoms with Gasteiger partial charge in [-0.2, -0.15) is 0 Å². The van der Waals surface area contributed by atoms with Crippen molar-refractivity contribution in [2.24, 2.45) is 11.0 Å². The number of hydrogen-bond acceptors (Lipinski definition) is 3.